The molecule has 2 atom stereocenters. The highest BCUT2D eigenvalue weighted by Gasteiger charge is 2.40. The number of thiophene rings is 1. The Hall–Kier alpha value is -2.04. The van der Waals surface area contributed by atoms with Crippen LogP contribution >= 0.6 is 11.3 Å². The Morgan fingerprint density at radius 1 is 1.42 bits per heavy atom. The first-order valence-electron chi connectivity index (χ1n) is 8.75. The Balaban J connectivity index is 1.61. The van der Waals surface area contributed by atoms with Gasteiger partial charge in [0.15, 0.2) is 0 Å². The predicted octanol–water partition coefficient (Wildman–Crippen LogP) is 3.13. The monoisotopic (exact) mass is 375 g/mol. The average Bonchev–Trinajstić information content (AvgIpc) is 3.06. The molecule has 2 aromatic heterocycles. The molecular weight excluding hydrogens is 356 g/mol. The van der Waals surface area contributed by atoms with E-state index in [0.717, 1.165) is 25.9 Å². The van der Waals surface area contributed by atoms with E-state index in [1.807, 2.05) is 5.92 Å². The topological polar surface area (TPSA) is 45.2 Å². The smallest absolute Gasteiger partial charge is 0.299 e. The number of nitrogens with zero attached hydrogens (tertiary/aromatic N) is 2. The lowest BCUT2D eigenvalue weighted by atomic mass is 9.79. The molecule has 0 aliphatic carbocycles. The molecule has 3 saturated heterocycles. The van der Waals surface area contributed by atoms with Gasteiger partial charge in [-0.1, -0.05) is 5.92 Å². The maximum absolute atomic E-state index is 12.9. The van der Waals surface area contributed by atoms with E-state index in [1.165, 1.54) is 17.5 Å². The standard InChI is InChI=1S/C19H19F2N3OS/c1-11-16(12-5-8-24(11)9-6-12)23-19(25)17-18-14(4-7-22-17)13(10-26-18)2-3-15(20)21/h4,7,10-12,15-16H,5-6,8-9H2,1H3,(H,23,25)/t11-,16-/m0/s1. The zero-order valence-electron chi connectivity index (χ0n) is 14.3. The Labute approximate surface area is 154 Å². The highest BCUT2D eigenvalue weighted by Crippen LogP contribution is 2.33. The van der Waals surface area contributed by atoms with Crippen LogP contribution in [-0.2, 0) is 0 Å². The molecule has 4 nitrogen and oxygen atoms in total. The number of carbonyl (C=O) groups is 1. The van der Waals surface area contributed by atoms with Crippen LogP contribution in [-0.4, -0.2) is 47.4 Å². The summed E-state index contributed by atoms with van der Waals surface area (Å²) in [6, 6.07) is 2.16. The van der Waals surface area contributed by atoms with Crippen LogP contribution in [0.3, 0.4) is 0 Å². The van der Waals surface area contributed by atoms with Gasteiger partial charge in [-0.3, -0.25) is 9.69 Å². The average molecular weight is 375 g/mol. The van der Waals surface area contributed by atoms with Gasteiger partial charge in [0.05, 0.1) is 4.70 Å². The summed E-state index contributed by atoms with van der Waals surface area (Å²) >= 11 is 1.32. The second kappa shape index (κ2) is 6.93. The summed E-state index contributed by atoms with van der Waals surface area (Å²) < 4.78 is 25.4. The molecule has 1 amide bonds. The van der Waals surface area contributed by atoms with Crippen LogP contribution in [0.15, 0.2) is 17.6 Å². The molecular formula is C19H19F2N3OS. The summed E-state index contributed by atoms with van der Waals surface area (Å²) in [4.78, 5) is 19.6. The molecule has 0 unspecified atom stereocenters. The van der Waals surface area contributed by atoms with Crippen molar-refractivity contribution in [3.05, 3.63) is 28.9 Å². The molecule has 1 N–H and O–H groups in total. The molecule has 3 fully saturated rings. The number of rotatable bonds is 2. The van der Waals surface area contributed by atoms with Crippen molar-refractivity contribution in [1.82, 2.24) is 15.2 Å². The minimum absolute atomic E-state index is 0.125. The molecule has 3 aliphatic rings. The van der Waals surface area contributed by atoms with Crippen molar-refractivity contribution in [3.63, 3.8) is 0 Å². The van der Waals surface area contributed by atoms with Gasteiger partial charge in [-0.05, 0) is 50.8 Å². The number of halogens is 2. The number of piperidine rings is 3. The number of fused-ring (bicyclic) bond motifs is 4. The zero-order chi connectivity index (χ0) is 18.3. The second-order valence-electron chi connectivity index (χ2n) is 6.87. The van der Waals surface area contributed by atoms with Crippen LogP contribution < -0.4 is 5.32 Å². The van der Waals surface area contributed by atoms with E-state index < -0.39 is 6.43 Å². The Bertz CT molecular complexity index is 891. The third kappa shape index (κ3) is 3.08. The van der Waals surface area contributed by atoms with Crippen molar-refractivity contribution in [3.8, 4) is 11.8 Å². The maximum Gasteiger partial charge on any atom is 0.299 e. The van der Waals surface area contributed by atoms with Crippen molar-refractivity contribution < 1.29 is 13.6 Å². The number of hydrogen-bond acceptors (Lipinski definition) is 4. The third-order valence-corrected chi connectivity index (χ3v) is 6.50. The fourth-order valence-corrected chi connectivity index (χ4v) is 5.10. The van der Waals surface area contributed by atoms with Gasteiger partial charge in [-0.25, -0.2) is 4.98 Å². The predicted molar refractivity (Wildman–Crippen MR) is 97.5 cm³/mol. The van der Waals surface area contributed by atoms with Crippen LogP contribution in [0.25, 0.3) is 10.1 Å². The van der Waals surface area contributed by atoms with Gasteiger partial charge in [0.1, 0.15) is 5.69 Å². The van der Waals surface area contributed by atoms with E-state index in [4.69, 9.17) is 0 Å². The minimum atomic E-state index is -2.67. The van der Waals surface area contributed by atoms with E-state index in [9.17, 15) is 13.6 Å². The van der Waals surface area contributed by atoms with Crippen LogP contribution in [0, 0.1) is 17.8 Å². The summed E-state index contributed by atoms with van der Waals surface area (Å²) in [5, 5.41) is 5.58. The zero-order valence-corrected chi connectivity index (χ0v) is 15.2. The lowest BCUT2D eigenvalue weighted by Gasteiger charge is -2.49. The SMILES string of the molecule is C[C@H]1[C@H](NC(=O)c2nccc3c(C#CC(F)F)csc23)C2CCN1CC2. The summed E-state index contributed by atoms with van der Waals surface area (Å²) in [7, 11) is 0. The molecule has 2 aromatic rings. The summed E-state index contributed by atoms with van der Waals surface area (Å²) in [6.45, 7) is 4.36. The number of alkyl halides is 2. The lowest BCUT2D eigenvalue weighted by molar-refractivity contribution is 0.0216. The van der Waals surface area contributed by atoms with Crippen LogP contribution in [0.5, 0.6) is 0 Å². The highest BCUT2D eigenvalue weighted by atomic mass is 32.1. The van der Waals surface area contributed by atoms with Crippen molar-refractivity contribution in [1.29, 1.82) is 0 Å². The number of carbonyl (C=O) groups excluding carboxylic acids is 1. The third-order valence-electron chi connectivity index (χ3n) is 5.50. The molecule has 2 bridgehead atoms. The van der Waals surface area contributed by atoms with E-state index in [-0.39, 0.29) is 11.9 Å². The Morgan fingerprint density at radius 2 is 2.19 bits per heavy atom. The van der Waals surface area contributed by atoms with Gasteiger partial charge in [-0.2, -0.15) is 8.78 Å². The minimum Gasteiger partial charge on any atom is -0.346 e. The van der Waals surface area contributed by atoms with E-state index >= 15 is 0 Å². The number of hydrogen-bond donors (Lipinski definition) is 1. The van der Waals surface area contributed by atoms with Gasteiger partial charge >= 0.3 is 0 Å². The fourth-order valence-electron chi connectivity index (χ4n) is 4.12. The van der Waals surface area contributed by atoms with Gasteiger partial charge in [0.25, 0.3) is 12.3 Å². The number of nitrogens with one attached hydrogen (secondary N) is 1. The summed E-state index contributed by atoms with van der Waals surface area (Å²) in [5.74, 6) is 4.67. The van der Waals surface area contributed by atoms with Crippen molar-refractivity contribution >= 4 is 27.3 Å². The van der Waals surface area contributed by atoms with Crippen LogP contribution in [0.1, 0.15) is 35.8 Å². The normalized spacial score (nSPS) is 27.4. The molecule has 0 saturated carbocycles. The van der Waals surface area contributed by atoms with Gasteiger partial charge in [0, 0.05) is 34.6 Å². The van der Waals surface area contributed by atoms with Crippen molar-refractivity contribution in [2.45, 2.75) is 38.3 Å². The first-order chi connectivity index (χ1) is 12.5. The van der Waals surface area contributed by atoms with Crippen molar-refractivity contribution in [2.24, 2.45) is 5.92 Å². The number of pyridine rings is 1. The maximum atomic E-state index is 12.9. The molecule has 5 rings (SSSR count). The van der Waals surface area contributed by atoms with Crippen LogP contribution in [0.2, 0.25) is 0 Å². The van der Waals surface area contributed by atoms with Crippen molar-refractivity contribution in [2.75, 3.05) is 13.1 Å². The molecule has 0 radical (unpaired) electrons. The second-order valence-corrected chi connectivity index (χ2v) is 7.75. The first kappa shape index (κ1) is 17.4. The fraction of sp³-hybridized carbons (Fsp3) is 0.474. The molecule has 26 heavy (non-hydrogen) atoms. The molecule has 0 aromatic carbocycles. The Kier molecular flexibility index (Phi) is 4.63. The quantitative estimate of drug-likeness (QED) is 0.821. The molecule has 0 spiro atoms. The van der Waals surface area contributed by atoms with Gasteiger partial charge in [-0.15, -0.1) is 11.3 Å². The molecule has 136 valence electrons. The van der Waals surface area contributed by atoms with E-state index in [0.29, 0.717) is 33.3 Å². The highest BCUT2D eigenvalue weighted by molar-refractivity contribution is 7.17. The molecule has 5 heterocycles. The summed E-state index contributed by atoms with van der Waals surface area (Å²) in [6.07, 6.45) is 1.09. The summed E-state index contributed by atoms with van der Waals surface area (Å²) in [5.41, 5.74) is 0.860. The first-order valence-corrected chi connectivity index (χ1v) is 9.63. The van der Waals surface area contributed by atoms with E-state index in [1.54, 1.807) is 11.4 Å². The number of amides is 1. The van der Waals surface area contributed by atoms with Gasteiger partial charge in [0.2, 0.25) is 0 Å². The Morgan fingerprint density at radius 3 is 2.88 bits per heavy atom. The molecule has 7 heteroatoms. The van der Waals surface area contributed by atoms with Crippen LogP contribution in [0.4, 0.5) is 8.78 Å². The van der Waals surface area contributed by atoms with E-state index in [2.05, 4.69) is 28.0 Å². The number of aromatic nitrogens is 1. The lowest BCUT2D eigenvalue weighted by Crippen LogP contribution is -2.62. The largest absolute Gasteiger partial charge is 0.346 e. The van der Waals surface area contributed by atoms with Gasteiger partial charge < -0.3 is 5.32 Å². The molecule has 3 aliphatic heterocycles.